The van der Waals surface area contributed by atoms with Gasteiger partial charge in [-0.3, -0.25) is 4.79 Å². The molecule has 0 radical (unpaired) electrons. The van der Waals surface area contributed by atoms with Crippen molar-refractivity contribution in [3.63, 3.8) is 0 Å². The summed E-state index contributed by atoms with van der Waals surface area (Å²) in [6, 6.07) is 3.96. The molecule has 0 aromatic heterocycles. The number of methoxy groups -OCH3 is 1. The van der Waals surface area contributed by atoms with Crippen LogP contribution in [0.2, 0.25) is 0 Å². The molecule has 0 atom stereocenters. The summed E-state index contributed by atoms with van der Waals surface area (Å²) >= 11 is 0. The van der Waals surface area contributed by atoms with Gasteiger partial charge >= 0.3 is 6.18 Å². The zero-order valence-corrected chi connectivity index (χ0v) is 12.7. The molecule has 124 valence electrons. The lowest BCUT2D eigenvalue weighted by Crippen LogP contribution is -2.10. The van der Waals surface area contributed by atoms with Crippen LogP contribution in [0.5, 0.6) is 5.75 Å². The number of ether oxygens (including phenoxy) is 1. The number of rotatable bonds is 6. The second-order valence-corrected chi connectivity index (χ2v) is 4.78. The first-order valence-electron chi connectivity index (χ1n) is 6.88. The summed E-state index contributed by atoms with van der Waals surface area (Å²) in [6.07, 6.45) is -3.10. The number of hydrogen-bond donors (Lipinski definition) is 1. The molecule has 0 saturated heterocycles. The van der Waals surface area contributed by atoms with Crippen LogP contribution in [-0.4, -0.2) is 18.0 Å². The largest absolute Gasteiger partial charge is 0.511 e. The average Bonchev–Trinajstić information content (AvgIpc) is 2.51. The van der Waals surface area contributed by atoms with Gasteiger partial charge in [0, 0.05) is 6.42 Å². The zero-order valence-electron chi connectivity index (χ0n) is 12.7. The van der Waals surface area contributed by atoms with E-state index in [9.17, 15) is 23.1 Å². The van der Waals surface area contributed by atoms with Crippen molar-refractivity contribution >= 4 is 5.78 Å². The Labute approximate surface area is 131 Å². The highest BCUT2D eigenvalue weighted by Gasteiger charge is 2.32. The molecule has 1 rings (SSSR count). The minimum absolute atomic E-state index is 0.147. The van der Waals surface area contributed by atoms with E-state index >= 15 is 0 Å². The van der Waals surface area contributed by atoms with Crippen molar-refractivity contribution in [2.75, 3.05) is 7.11 Å². The summed E-state index contributed by atoms with van der Waals surface area (Å²) in [5.41, 5.74) is -1.67. The molecule has 0 bridgehead atoms. The third-order valence-corrected chi connectivity index (χ3v) is 3.17. The highest BCUT2D eigenvalue weighted by atomic mass is 19.4. The van der Waals surface area contributed by atoms with Crippen molar-refractivity contribution in [2.45, 2.75) is 32.4 Å². The van der Waals surface area contributed by atoms with E-state index in [1.54, 1.807) is 6.07 Å². The number of carbonyl (C=O) groups excluding carboxylic acids is 1. The van der Waals surface area contributed by atoms with Crippen LogP contribution in [0, 0.1) is 11.3 Å². The number of halogens is 3. The Kier molecular flexibility index (Phi) is 6.19. The summed E-state index contributed by atoms with van der Waals surface area (Å²) in [7, 11) is 1.12. The summed E-state index contributed by atoms with van der Waals surface area (Å²) in [4.78, 5) is 12.3. The number of ketones is 1. The van der Waals surface area contributed by atoms with E-state index in [2.05, 4.69) is 0 Å². The van der Waals surface area contributed by atoms with E-state index in [0.29, 0.717) is 12.5 Å². The maximum Gasteiger partial charge on any atom is 0.416 e. The summed E-state index contributed by atoms with van der Waals surface area (Å²) in [5.74, 6) is -1.55. The molecular weight excluding hydrogens is 311 g/mol. The first-order valence-corrected chi connectivity index (χ1v) is 6.88. The van der Waals surface area contributed by atoms with Crippen LogP contribution in [0.3, 0.4) is 0 Å². The Morgan fingerprint density at radius 1 is 1.39 bits per heavy atom. The van der Waals surface area contributed by atoms with Crippen LogP contribution in [0.4, 0.5) is 13.2 Å². The number of aliphatic hydroxyl groups excluding tert-OH is 1. The predicted octanol–water partition coefficient (Wildman–Crippen LogP) is 4.42. The molecule has 7 heteroatoms. The monoisotopic (exact) mass is 327 g/mol. The van der Waals surface area contributed by atoms with Crippen molar-refractivity contribution in [1.82, 2.24) is 0 Å². The molecule has 0 unspecified atom stereocenters. The number of alkyl halides is 3. The van der Waals surface area contributed by atoms with Crippen LogP contribution in [0.15, 0.2) is 29.5 Å². The van der Waals surface area contributed by atoms with E-state index in [4.69, 9.17) is 10.00 Å². The minimum atomic E-state index is -4.58. The van der Waals surface area contributed by atoms with Crippen molar-refractivity contribution < 1.29 is 27.8 Å². The molecule has 4 nitrogen and oxygen atoms in total. The molecular formula is C16H16F3NO3. The Hall–Kier alpha value is -2.49. The lowest BCUT2D eigenvalue weighted by molar-refractivity contribution is -0.137. The van der Waals surface area contributed by atoms with Gasteiger partial charge in [0.25, 0.3) is 0 Å². The van der Waals surface area contributed by atoms with Crippen molar-refractivity contribution in [3.8, 4) is 11.8 Å². The molecule has 0 aliphatic carbocycles. The molecule has 23 heavy (non-hydrogen) atoms. The number of hydrogen-bond acceptors (Lipinski definition) is 4. The van der Waals surface area contributed by atoms with E-state index in [1.165, 1.54) is 0 Å². The number of nitrogens with zero attached hydrogens (tertiary/aromatic N) is 1. The molecule has 1 aromatic rings. The quantitative estimate of drug-likeness (QED) is 0.363. The van der Waals surface area contributed by atoms with Crippen LogP contribution >= 0.6 is 0 Å². The Morgan fingerprint density at radius 3 is 2.52 bits per heavy atom. The molecule has 0 heterocycles. The number of unbranched alkanes of at least 4 members (excludes halogenated alkanes) is 1. The second-order valence-electron chi connectivity index (χ2n) is 4.78. The molecule has 1 aromatic carbocycles. The van der Waals surface area contributed by atoms with Gasteiger partial charge in [0.15, 0.2) is 0 Å². The van der Waals surface area contributed by atoms with Crippen LogP contribution in [0.1, 0.15) is 42.1 Å². The highest BCUT2D eigenvalue weighted by molar-refractivity contribution is 6.13. The summed E-state index contributed by atoms with van der Waals surface area (Å²) < 4.78 is 42.9. The maximum absolute atomic E-state index is 12.7. The number of carbonyl (C=O) groups is 1. The lowest BCUT2D eigenvalue weighted by Gasteiger charge is -2.12. The van der Waals surface area contributed by atoms with E-state index in [-0.39, 0.29) is 23.5 Å². The lowest BCUT2D eigenvalue weighted by atomic mass is 9.99. The molecule has 1 N–H and O–H groups in total. The first kappa shape index (κ1) is 18.6. The van der Waals surface area contributed by atoms with Gasteiger partial charge in [0.1, 0.15) is 23.2 Å². The SMILES string of the molecule is CCCC/C(O)=C(\C#N)C(=O)c1ccc(C(F)(F)F)cc1OC. The molecule has 0 spiro atoms. The Bertz CT molecular complexity index is 658. The number of allylic oxidation sites excluding steroid dienone is 2. The van der Waals surface area contributed by atoms with Gasteiger partial charge < -0.3 is 9.84 Å². The standard InChI is InChI=1S/C16H16F3NO3/c1-3-4-5-13(21)12(9-20)15(22)11-7-6-10(16(17,18)19)8-14(11)23-2/h6-8,21H,3-5H2,1-2H3/b13-12-. The van der Waals surface area contributed by atoms with Gasteiger partial charge in [0.05, 0.1) is 18.2 Å². The van der Waals surface area contributed by atoms with Gasteiger partial charge in [-0.1, -0.05) is 13.3 Å². The third kappa shape index (κ3) is 4.49. The number of nitriles is 1. The normalized spacial score (nSPS) is 12.3. The molecule has 0 aliphatic heterocycles. The summed E-state index contributed by atoms with van der Waals surface area (Å²) in [6.45, 7) is 1.88. The fourth-order valence-corrected chi connectivity index (χ4v) is 1.91. The van der Waals surface area contributed by atoms with Crippen molar-refractivity contribution in [3.05, 3.63) is 40.7 Å². The fraction of sp³-hybridized carbons (Fsp3) is 0.375. The Morgan fingerprint density at radius 2 is 2.04 bits per heavy atom. The maximum atomic E-state index is 12.7. The summed E-state index contributed by atoms with van der Waals surface area (Å²) in [5, 5.41) is 18.9. The molecule has 0 aliphatic rings. The predicted molar refractivity (Wildman–Crippen MR) is 77.1 cm³/mol. The minimum Gasteiger partial charge on any atom is -0.511 e. The number of Topliss-reactive ketones (excluding diaryl/α,β-unsaturated/α-hetero) is 1. The fourth-order valence-electron chi connectivity index (χ4n) is 1.91. The van der Waals surface area contributed by atoms with Gasteiger partial charge in [-0.05, 0) is 24.6 Å². The molecule has 0 fully saturated rings. The van der Waals surface area contributed by atoms with E-state index in [0.717, 1.165) is 25.7 Å². The highest BCUT2D eigenvalue weighted by Crippen LogP contribution is 2.34. The van der Waals surface area contributed by atoms with E-state index in [1.807, 2.05) is 6.92 Å². The number of benzene rings is 1. The second kappa shape index (κ2) is 7.68. The van der Waals surface area contributed by atoms with Crippen molar-refractivity contribution in [2.24, 2.45) is 0 Å². The third-order valence-electron chi connectivity index (χ3n) is 3.17. The van der Waals surface area contributed by atoms with Crippen LogP contribution < -0.4 is 4.74 Å². The molecule has 0 saturated carbocycles. The van der Waals surface area contributed by atoms with Crippen LogP contribution in [0.25, 0.3) is 0 Å². The van der Waals surface area contributed by atoms with Gasteiger partial charge in [0.2, 0.25) is 5.78 Å². The topological polar surface area (TPSA) is 70.3 Å². The van der Waals surface area contributed by atoms with Crippen LogP contribution in [-0.2, 0) is 6.18 Å². The van der Waals surface area contributed by atoms with Crippen molar-refractivity contribution in [1.29, 1.82) is 5.26 Å². The number of aliphatic hydroxyl groups is 1. The van der Waals surface area contributed by atoms with E-state index < -0.39 is 23.1 Å². The zero-order chi connectivity index (χ0) is 17.6. The van der Waals surface area contributed by atoms with Gasteiger partial charge in [-0.25, -0.2) is 0 Å². The Balaban J connectivity index is 3.29. The first-order chi connectivity index (χ1) is 10.8. The van der Waals surface area contributed by atoms with Gasteiger partial charge in [-0.2, -0.15) is 18.4 Å². The van der Waals surface area contributed by atoms with Gasteiger partial charge in [-0.15, -0.1) is 0 Å². The average molecular weight is 327 g/mol. The smallest absolute Gasteiger partial charge is 0.416 e. The molecule has 0 amide bonds.